The Morgan fingerprint density at radius 1 is 1.24 bits per heavy atom. The molecule has 3 heteroatoms. The number of ether oxygens (including phenoxy) is 2. The Balaban J connectivity index is 1.61. The first-order valence-electron chi connectivity index (χ1n) is 8.51. The summed E-state index contributed by atoms with van der Waals surface area (Å²) in [6, 6.07) is 0. The molecule has 0 radical (unpaired) electrons. The van der Waals surface area contributed by atoms with Gasteiger partial charge in [-0.1, -0.05) is 12.5 Å². The first-order valence-corrected chi connectivity index (χ1v) is 8.51. The van der Waals surface area contributed by atoms with Crippen molar-refractivity contribution in [1.29, 1.82) is 0 Å². The fraction of sp³-hybridized carbons (Fsp3) is 0.833. The molecule has 0 aromatic heterocycles. The molecule has 0 bridgehead atoms. The largest absolute Gasteiger partial charge is 0.355 e. The summed E-state index contributed by atoms with van der Waals surface area (Å²) in [5.41, 5.74) is 1.65. The zero-order chi connectivity index (χ0) is 14.6. The van der Waals surface area contributed by atoms with Crippen LogP contribution < -0.4 is 0 Å². The van der Waals surface area contributed by atoms with Crippen LogP contribution in [-0.2, 0) is 14.3 Å². The highest BCUT2D eigenvalue weighted by Gasteiger charge is 2.57. The molecule has 0 aromatic rings. The molecule has 3 aliphatic carbocycles. The molecule has 1 heterocycles. The molecule has 21 heavy (non-hydrogen) atoms. The number of hydrogen-bond donors (Lipinski definition) is 0. The predicted octanol–water partition coefficient (Wildman–Crippen LogP) is 3.34. The van der Waals surface area contributed by atoms with Gasteiger partial charge in [0.1, 0.15) is 0 Å². The second kappa shape index (κ2) is 4.92. The van der Waals surface area contributed by atoms with Crippen molar-refractivity contribution in [2.75, 3.05) is 13.7 Å². The number of ketones is 1. The Labute approximate surface area is 127 Å². The third-order valence-electron chi connectivity index (χ3n) is 6.92. The molecule has 116 valence electrons. The highest BCUT2D eigenvalue weighted by molar-refractivity contribution is 5.91. The number of allylic oxidation sites excluding steroid dienone is 2. The first kappa shape index (κ1) is 14.0. The summed E-state index contributed by atoms with van der Waals surface area (Å²) in [5, 5.41) is 0. The number of rotatable bonds is 1. The molecule has 2 saturated carbocycles. The van der Waals surface area contributed by atoms with Crippen LogP contribution in [0.3, 0.4) is 0 Å². The van der Waals surface area contributed by atoms with Crippen LogP contribution in [0.4, 0.5) is 0 Å². The molecular weight excluding hydrogens is 264 g/mol. The van der Waals surface area contributed by atoms with Crippen molar-refractivity contribution < 1.29 is 14.3 Å². The van der Waals surface area contributed by atoms with Crippen LogP contribution in [0, 0.1) is 29.1 Å². The monoisotopic (exact) mass is 290 g/mol. The van der Waals surface area contributed by atoms with E-state index in [2.05, 4.69) is 6.92 Å². The van der Waals surface area contributed by atoms with Crippen LogP contribution in [0.2, 0.25) is 0 Å². The Hall–Kier alpha value is -0.670. The average Bonchev–Trinajstić information content (AvgIpc) is 2.83. The zero-order valence-corrected chi connectivity index (χ0v) is 13.1. The summed E-state index contributed by atoms with van der Waals surface area (Å²) >= 11 is 0. The molecular formula is C18H26O3. The van der Waals surface area contributed by atoms with Gasteiger partial charge in [-0.25, -0.2) is 0 Å². The first-order chi connectivity index (χ1) is 10.1. The molecule has 3 nitrogen and oxygen atoms in total. The van der Waals surface area contributed by atoms with Crippen molar-refractivity contribution in [3.63, 3.8) is 0 Å². The van der Waals surface area contributed by atoms with E-state index in [-0.39, 0.29) is 11.7 Å². The molecule has 0 spiro atoms. The lowest BCUT2D eigenvalue weighted by molar-refractivity contribution is -0.151. The maximum absolute atomic E-state index is 11.7. The highest BCUT2D eigenvalue weighted by atomic mass is 16.7. The SMILES string of the molecule is CO[C@@H]1OC[C@H]2[C@@H]3CCC4=CC(=O)CC[C@@H]4[C@H]3CC[C@]12C. The summed E-state index contributed by atoms with van der Waals surface area (Å²) in [4.78, 5) is 11.7. The van der Waals surface area contributed by atoms with Gasteiger partial charge in [-0.05, 0) is 61.9 Å². The second-order valence-corrected chi connectivity index (χ2v) is 7.75. The minimum atomic E-state index is -0.0201. The Morgan fingerprint density at radius 3 is 2.90 bits per heavy atom. The van der Waals surface area contributed by atoms with E-state index in [1.807, 2.05) is 6.08 Å². The summed E-state index contributed by atoms with van der Waals surface area (Å²) in [6.45, 7) is 3.23. The lowest BCUT2D eigenvalue weighted by atomic mass is 9.52. The van der Waals surface area contributed by atoms with Crippen LogP contribution in [0.1, 0.15) is 45.4 Å². The molecule has 0 unspecified atom stereocenters. The van der Waals surface area contributed by atoms with E-state index in [1.165, 1.54) is 24.8 Å². The van der Waals surface area contributed by atoms with E-state index in [0.717, 1.165) is 37.7 Å². The number of carbonyl (C=O) groups excluding carboxylic acids is 1. The van der Waals surface area contributed by atoms with E-state index in [9.17, 15) is 4.79 Å². The molecule has 1 aliphatic heterocycles. The maximum Gasteiger partial charge on any atom is 0.162 e. The Kier molecular flexibility index (Phi) is 3.27. The van der Waals surface area contributed by atoms with Crippen LogP contribution in [0.15, 0.2) is 11.6 Å². The molecule has 1 saturated heterocycles. The zero-order valence-electron chi connectivity index (χ0n) is 13.1. The summed E-state index contributed by atoms with van der Waals surface area (Å²) < 4.78 is 11.6. The lowest BCUT2D eigenvalue weighted by Crippen LogP contribution is -2.48. The predicted molar refractivity (Wildman–Crippen MR) is 79.6 cm³/mol. The molecule has 4 rings (SSSR count). The average molecular weight is 290 g/mol. The van der Waals surface area contributed by atoms with Gasteiger partial charge in [-0.15, -0.1) is 0 Å². The van der Waals surface area contributed by atoms with Crippen molar-refractivity contribution in [2.45, 2.75) is 51.7 Å². The smallest absolute Gasteiger partial charge is 0.162 e. The maximum atomic E-state index is 11.7. The van der Waals surface area contributed by atoms with Crippen molar-refractivity contribution in [2.24, 2.45) is 29.1 Å². The van der Waals surface area contributed by atoms with Crippen LogP contribution in [0.5, 0.6) is 0 Å². The van der Waals surface area contributed by atoms with E-state index in [1.54, 1.807) is 7.11 Å². The van der Waals surface area contributed by atoms with Crippen molar-refractivity contribution in [1.82, 2.24) is 0 Å². The third kappa shape index (κ3) is 1.97. The van der Waals surface area contributed by atoms with Gasteiger partial charge < -0.3 is 9.47 Å². The summed E-state index contributed by atoms with van der Waals surface area (Å²) in [5.74, 6) is 3.20. The molecule has 0 amide bonds. The minimum Gasteiger partial charge on any atom is -0.355 e. The third-order valence-corrected chi connectivity index (χ3v) is 6.92. The molecule has 3 fully saturated rings. The standard InChI is InChI=1S/C18H26O3/c1-18-8-7-14-13-6-4-12(19)9-11(13)3-5-15(14)16(18)10-21-17(18)20-2/h9,13-17H,3-8,10H2,1-2H3/t13-,14+,15+,16-,17+,18-/m0/s1. The van der Waals surface area contributed by atoms with E-state index in [4.69, 9.17) is 9.47 Å². The van der Waals surface area contributed by atoms with E-state index in [0.29, 0.717) is 17.6 Å². The Bertz CT molecular complexity index is 483. The van der Waals surface area contributed by atoms with Gasteiger partial charge in [-0.3, -0.25) is 4.79 Å². The highest BCUT2D eigenvalue weighted by Crippen LogP contribution is 2.60. The van der Waals surface area contributed by atoms with Crippen molar-refractivity contribution in [3.05, 3.63) is 11.6 Å². The number of methoxy groups -OCH3 is 1. The van der Waals surface area contributed by atoms with Crippen LogP contribution in [-0.4, -0.2) is 25.8 Å². The minimum absolute atomic E-state index is 0.0201. The number of carbonyl (C=O) groups is 1. The number of fused-ring (bicyclic) bond motifs is 5. The second-order valence-electron chi connectivity index (χ2n) is 7.75. The van der Waals surface area contributed by atoms with Gasteiger partial charge in [0.05, 0.1) is 6.61 Å². The fourth-order valence-corrected chi connectivity index (χ4v) is 5.85. The van der Waals surface area contributed by atoms with Gasteiger partial charge in [0, 0.05) is 18.9 Å². The fourth-order valence-electron chi connectivity index (χ4n) is 5.85. The topological polar surface area (TPSA) is 35.5 Å². The van der Waals surface area contributed by atoms with Gasteiger partial charge in [0.15, 0.2) is 12.1 Å². The van der Waals surface area contributed by atoms with E-state index < -0.39 is 0 Å². The summed E-state index contributed by atoms with van der Waals surface area (Å²) in [7, 11) is 1.78. The van der Waals surface area contributed by atoms with Gasteiger partial charge >= 0.3 is 0 Å². The quantitative estimate of drug-likeness (QED) is 0.743. The van der Waals surface area contributed by atoms with E-state index >= 15 is 0 Å². The normalized spacial score (nSPS) is 49.1. The van der Waals surface area contributed by atoms with Crippen molar-refractivity contribution >= 4 is 5.78 Å². The molecule has 4 aliphatic rings. The van der Waals surface area contributed by atoms with Crippen LogP contribution in [0.25, 0.3) is 0 Å². The van der Waals surface area contributed by atoms with Gasteiger partial charge in [0.2, 0.25) is 0 Å². The van der Waals surface area contributed by atoms with Crippen molar-refractivity contribution in [3.8, 4) is 0 Å². The molecule has 0 aromatic carbocycles. The van der Waals surface area contributed by atoms with Gasteiger partial charge in [0.25, 0.3) is 0 Å². The van der Waals surface area contributed by atoms with Gasteiger partial charge in [-0.2, -0.15) is 0 Å². The molecule has 6 atom stereocenters. The van der Waals surface area contributed by atoms with Crippen LogP contribution >= 0.6 is 0 Å². The number of hydrogen-bond acceptors (Lipinski definition) is 3. The summed E-state index contributed by atoms with van der Waals surface area (Å²) in [6.07, 6.45) is 8.64. The Morgan fingerprint density at radius 2 is 2.10 bits per heavy atom. The lowest BCUT2D eigenvalue weighted by Gasteiger charge is -2.52. The molecule has 0 N–H and O–H groups in total.